The smallest absolute Gasteiger partial charge is 0.267 e. The maximum atomic E-state index is 13.6. The lowest BCUT2D eigenvalue weighted by atomic mass is 10.2. The maximum Gasteiger partial charge on any atom is 0.267 e. The highest BCUT2D eigenvalue weighted by Gasteiger charge is 2.22. The monoisotopic (exact) mass is 447 g/mol. The van der Waals surface area contributed by atoms with Gasteiger partial charge in [-0.15, -0.1) is 11.3 Å². The number of nitrogens with zero attached hydrogens (tertiary/aromatic N) is 6. The van der Waals surface area contributed by atoms with Crippen LogP contribution in [0, 0.1) is 13.8 Å². The van der Waals surface area contributed by atoms with Crippen LogP contribution in [0.4, 0.5) is 5.82 Å². The predicted octanol–water partition coefficient (Wildman–Crippen LogP) is 2.89. The van der Waals surface area contributed by atoms with Crippen LogP contribution < -0.4 is 11.3 Å². The zero-order valence-electron chi connectivity index (χ0n) is 17.8. The van der Waals surface area contributed by atoms with Gasteiger partial charge < -0.3 is 10.8 Å². The van der Waals surface area contributed by atoms with E-state index in [1.54, 1.807) is 16.2 Å². The van der Waals surface area contributed by atoms with E-state index in [0.717, 1.165) is 16.8 Å². The Morgan fingerprint density at radius 1 is 1.16 bits per heavy atom. The van der Waals surface area contributed by atoms with E-state index in [4.69, 9.17) is 10.7 Å². The molecule has 1 aromatic carbocycles. The van der Waals surface area contributed by atoms with Crippen molar-refractivity contribution in [3.63, 3.8) is 0 Å². The number of aliphatic hydroxyl groups is 1. The number of hydrogen-bond donors (Lipinski definition) is 2. The fraction of sp³-hybridized carbons (Fsp3) is 0.227. The average Bonchev–Trinajstić information content (AvgIpc) is 3.31. The Hall–Kier alpha value is -3.63. The molecule has 0 aliphatic rings. The molecule has 0 bridgehead atoms. The zero-order chi connectivity index (χ0) is 22.6. The maximum absolute atomic E-state index is 13.6. The van der Waals surface area contributed by atoms with Gasteiger partial charge in [0.2, 0.25) is 0 Å². The van der Waals surface area contributed by atoms with Gasteiger partial charge in [-0.1, -0.05) is 18.2 Å². The molecule has 0 fully saturated rings. The van der Waals surface area contributed by atoms with E-state index in [1.165, 1.54) is 17.7 Å². The molecule has 4 aromatic heterocycles. The summed E-state index contributed by atoms with van der Waals surface area (Å²) in [5.74, 6) is 0.753. The molecule has 0 unspecified atom stereocenters. The zero-order valence-corrected chi connectivity index (χ0v) is 18.6. The van der Waals surface area contributed by atoms with Crippen LogP contribution >= 0.6 is 11.3 Å². The first-order chi connectivity index (χ1) is 15.4. The van der Waals surface area contributed by atoms with Gasteiger partial charge in [-0.25, -0.2) is 19.6 Å². The molecule has 0 amide bonds. The highest BCUT2D eigenvalue weighted by Crippen LogP contribution is 2.28. The van der Waals surface area contributed by atoms with Crippen molar-refractivity contribution in [2.45, 2.75) is 33.4 Å². The lowest BCUT2D eigenvalue weighted by Gasteiger charge is -2.15. The van der Waals surface area contributed by atoms with Gasteiger partial charge in [0.25, 0.3) is 5.56 Å². The minimum atomic E-state index is -0.860. The van der Waals surface area contributed by atoms with Gasteiger partial charge in [0.15, 0.2) is 5.65 Å². The van der Waals surface area contributed by atoms with Crippen LogP contribution in [0.25, 0.3) is 26.9 Å². The Balaban J connectivity index is 1.79. The summed E-state index contributed by atoms with van der Waals surface area (Å²) in [6.07, 6.45) is 0.496. The standard InChI is InChI=1S/C22H21N7O2S/c1-11-6-4-5-7-14(11)29-15(26-21-16(22(29)31)12(2)9-32-21)8-28-20-17(18(27-28)13(3)30)19(23)24-10-25-20/h4-7,9-10,13,30H,8H2,1-3H3,(H2,23,24,25)/t13-/m0/s1. The molecular weight excluding hydrogens is 426 g/mol. The Kier molecular flexibility index (Phi) is 4.75. The van der Waals surface area contributed by atoms with Crippen molar-refractivity contribution < 1.29 is 5.11 Å². The molecule has 0 radical (unpaired) electrons. The number of aryl methyl sites for hydroxylation is 2. The Labute approximate surface area is 186 Å². The molecule has 5 rings (SSSR count). The van der Waals surface area contributed by atoms with Gasteiger partial charge in [0.1, 0.15) is 35.0 Å². The van der Waals surface area contributed by atoms with E-state index in [2.05, 4.69) is 15.1 Å². The summed E-state index contributed by atoms with van der Waals surface area (Å²) in [6.45, 7) is 5.65. The number of hydrogen-bond acceptors (Lipinski definition) is 8. The minimum Gasteiger partial charge on any atom is -0.387 e. The fourth-order valence-electron chi connectivity index (χ4n) is 3.93. The second-order valence-electron chi connectivity index (χ2n) is 7.73. The molecule has 162 valence electrons. The van der Waals surface area contributed by atoms with Gasteiger partial charge in [-0.3, -0.25) is 9.36 Å². The number of rotatable bonds is 4. The van der Waals surface area contributed by atoms with Crippen LogP contribution in [0.5, 0.6) is 0 Å². The quantitative estimate of drug-likeness (QED) is 0.434. The third kappa shape index (κ3) is 3.07. The fourth-order valence-corrected chi connectivity index (χ4v) is 4.86. The topological polar surface area (TPSA) is 125 Å². The second kappa shape index (κ2) is 7.50. The number of fused-ring (bicyclic) bond motifs is 2. The predicted molar refractivity (Wildman–Crippen MR) is 124 cm³/mol. The van der Waals surface area contributed by atoms with Crippen molar-refractivity contribution in [3.8, 4) is 5.69 Å². The van der Waals surface area contributed by atoms with Crippen molar-refractivity contribution in [3.05, 3.63) is 69.0 Å². The SMILES string of the molecule is Cc1ccccc1-n1c(Cn2nc([C@H](C)O)c3c(N)ncnc32)nc2scc(C)c2c1=O. The summed E-state index contributed by atoms with van der Waals surface area (Å²) in [4.78, 5) is 27.5. The lowest BCUT2D eigenvalue weighted by Crippen LogP contribution is -2.26. The summed E-state index contributed by atoms with van der Waals surface area (Å²) in [6, 6.07) is 7.68. The number of nitrogens with two attached hydrogens (primary N) is 1. The highest BCUT2D eigenvalue weighted by molar-refractivity contribution is 7.16. The molecule has 0 spiro atoms. The second-order valence-corrected chi connectivity index (χ2v) is 8.59. The van der Waals surface area contributed by atoms with Gasteiger partial charge in [-0.05, 0) is 43.3 Å². The number of nitrogen functional groups attached to an aromatic ring is 1. The first kappa shape index (κ1) is 20.3. The van der Waals surface area contributed by atoms with Crippen molar-refractivity contribution in [2.24, 2.45) is 0 Å². The summed E-state index contributed by atoms with van der Waals surface area (Å²) in [7, 11) is 0. The molecule has 3 N–H and O–H groups in total. The van der Waals surface area contributed by atoms with Crippen molar-refractivity contribution >= 4 is 38.4 Å². The normalized spacial score (nSPS) is 12.6. The van der Waals surface area contributed by atoms with E-state index in [0.29, 0.717) is 32.8 Å². The Morgan fingerprint density at radius 2 is 1.94 bits per heavy atom. The minimum absolute atomic E-state index is 0.126. The van der Waals surface area contributed by atoms with E-state index >= 15 is 0 Å². The lowest BCUT2D eigenvalue weighted by molar-refractivity contribution is 0.194. The number of aliphatic hydroxyl groups excluding tert-OH is 1. The Morgan fingerprint density at radius 3 is 2.69 bits per heavy atom. The van der Waals surface area contributed by atoms with Gasteiger partial charge in [0, 0.05) is 0 Å². The Bertz CT molecular complexity index is 1550. The molecular formula is C22H21N7O2S. The van der Waals surface area contributed by atoms with Crippen molar-refractivity contribution in [1.29, 1.82) is 0 Å². The molecule has 5 aromatic rings. The van der Waals surface area contributed by atoms with Gasteiger partial charge in [-0.2, -0.15) is 5.10 Å². The summed E-state index contributed by atoms with van der Waals surface area (Å²) in [5, 5.41) is 17.8. The van der Waals surface area contributed by atoms with Crippen LogP contribution in [-0.2, 0) is 6.54 Å². The van der Waals surface area contributed by atoms with E-state index < -0.39 is 6.10 Å². The molecule has 4 heterocycles. The van der Waals surface area contributed by atoms with E-state index in [-0.39, 0.29) is 17.9 Å². The first-order valence-corrected chi connectivity index (χ1v) is 11.0. The van der Waals surface area contributed by atoms with Crippen LogP contribution in [0.15, 0.2) is 40.8 Å². The summed E-state index contributed by atoms with van der Waals surface area (Å²) < 4.78 is 3.25. The van der Waals surface area contributed by atoms with Crippen LogP contribution in [0.1, 0.15) is 35.7 Å². The molecule has 0 aliphatic carbocycles. The van der Waals surface area contributed by atoms with Crippen molar-refractivity contribution in [1.82, 2.24) is 29.3 Å². The molecule has 1 atom stereocenters. The van der Waals surface area contributed by atoms with Gasteiger partial charge in [0.05, 0.1) is 22.6 Å². The largest absolute Gasteiger partial charge is 0.387 e. The van der Waals surface area contributed by atoms with Crippen LogP contribution in [-0.4, -0.2) is 34.4 Å². The average molecular weight is 448 g/mol. The van der Waals surface area contributed by atoms with Crippen LogP contribution in [0.2, 0.25) is 0 Å². The van der Waals surface area contributed by atoms with Crippen LogP contribution in [0.3, 0.4) is 0 Å². The summed E-state index contributed by atoms with van der Waals surface area (Å²) >= 11 is 1.44. The highest BCUT2D eigenvalue weighted by atomic mass is 32.1. The third-order valence-electron chi connectivity index (χ3n) is 5.49. The molecule has 10 heteroatoms. The number of anilines is 1. The third-order valence-corrected chi connectivity index (χ3v) is 6.48. The number of thiophene rings is 1. The summed E-state index contributed by atoms with van der Waals surface area (Å²) in [5.41, 5.74) is 9.40. The number of aromatic nitrogens is 6. The molecule has 0 saturated carbocycles. The first-order valence-electron chi connectivity index (χ1n) is 10.1. The van der Waals surface area contributed by atoms with E-state index in [1.807, 2.05) is 43.5 Å². The number of para-hydroxylation sites is 1. The van der Waals surface area contributed by atoms with Crippen molar-refractivity contribution in [2.75, 3.05) is 5.73 Å². The molecule has 0 aliphatic heterocycles. The molecule has 0 saturated heterocycles. The van der Waals surface area contributed by atoms with Gasteiger partial charge >= 0.3 is 0 Å². The molecule has 9 nitrogen and oxygen atoms in total. The molecule has 32 heavy (non-hydrogen) atoms. The number of benzene rings is 1. The van der Waals surface area contributed by atoms with E-state index in [9.17, 15) is 9.90 Å².